The Morgan fingerprint density at radius 3 is 1.90 bits per heavy atom. The number of aromatic nitrogens is 1. The molecule has 0 atom stereocenters. The maximum atomic E-state index is 12.6. The van der Waals surface area contributed by atoms with Crippen molar-refractivity contribution in [1.82, 2.24) is 4.98 Å². The van der Waals surface area contributed by atoms with Gasteiger partial charge in [0, 0.05) is 40.2 Å². The molecule has 0 spiro atoms. The van der Waals surface area contributed by atoms with Crippen LogP contribution in [0.25, 0.3) is 10.9 Å². The summed E-state index contributed by atoms with van der Waals surface area (Å²) in [6.45, 7) is 0. The summed E-state index contributed by atoms with van der Waals surface area (Å²) in [6, 6.07) is 27.8. The molecule has 8 heteroatoms. The Kier molecular flexibility index (Phi) is 7.36. The lowest BCUT2D eigenvalue weighted by Gasteiger charge is -2.13. The summed E-state index contributed by atoms with van der Waals surface area (Å²) in [4.78, 5) is 29.5. The SMILES string of the molecule is COc1cc2nccc(Oc3ccc(NC(=O)Nc4ccc(C(=O)c5ccccc5)cc4)cc3)c2cc1OC. The third-order valence-corrected chi connectivity index (χ3v) is 5.99. The van der Waals surface area contributed by atoms with Crippen LogP contribution in [0.2, 0.25) is 0 Å². The number of nitrogens with zero attached hydrogens (tertiary/aromatic N) is 1. The van der Waals surface area contributed by atoms with Crippen molar-refractivity contribution >= 4 is 34.1 Å². The number of ether oxygens (including phenoxy) is 3. The molecule has 0 saturated carbocycles. The molecular formula is C31H25N3O5. The second-order valence-corrected chi connectivity index (χ2v) is 8.51. The lowest BCUT2D eigenvalue weighted by Crippen LogP contribution is -2.19. The first kappa shape index (κ1) is 25.3. The number of pyridine rings is 1. The number of hydrogen-bond acceptors (Lipinski definition) is 6. The van der Waals surface area contributed by atoms with Gasteiger partial charge in [-0.1, -0.05) is 30.3 Å². The molecular weight excluding hydrogens is 494 g/mol. The number of rotatable bonds is 8. The third kappa shape index (κ3) is 5.80. The number of ketones is 1. The summed E-state index contributed by atoms with van der Waals surface area (Å²) in [5, 5.41) is 6.33. The highest BCUT2D eigenvalue weighted by Crippen LogP contribution is 2.37. The van der Waals surface area contributed by atoms with Crippen LogP contribution in [-0.2, 0) is 0 Å². The highest BCUT2D eigenvalue weighted by atomic mass is 16.5. The minimum atomic E-state index is -0.410. The fraction of sp³-hybridized carbons (Fsp3) is 0.0645. The topological polar surface area (TPSA) is 98.8 Å². The standard InChI is InChI=1S/C31H25N3O5/c1-37-28-18-25-26(19-29(28)38-2)32-17-16-27(25)39-24-14-12-23(13-15-24)34-31(36)33-22-10-8-21(9-11-22)30(35)20-6-4-3-5-7-20/h3-19H,1-2H3,(H2,33,34,36). The number of anilines is 2. The van der Waals surface area contributed by atoms with Gasteiger partial charge in [-0.15, -0.1) is 0 Å². The van der Waals surface area contributed by atoms with Gasteiger partial charge in [0.25, 0.3) is 0 Å². The number of carbonyl (C=O) groups is 2. The number of amides is 2. The molecule has 39 heavy (non-hydrogen) atoms. The molecule has 0 bridgehead atoms. The number of hydrogen-bond donors (Lipinski definition) is 2. The second kappa shape index (κ2) is 11.4. The van der Waals surface area contributed by atoms with Crippen molar-refractivity contribution in [2.75, 3.05) is 24.9 Å². The van der Waals surface area contributed by atoms with Gasteiger partial charge in [-0.2, -0.15) is 0 Å². The molecule has 0 aliphatic heterocycles. The molecule has 0 unspecified atom stereocenters. The largest absolute Gasteiger partial charge is 0.493 e. The highest BCUT2D eigenvalue weighted by Gasteiger charge is 2.12. The fourth-order valence-corrected chi connectivity index (χ4v) is 4.02. The predicted molar refractivity (Wildman–Crippen MR) is 150 cm³/mol. The summed E-state index contributed by atoms with van der Waals surface area (Å²) in [5.41, 5.74) is 3.01. The molecule has 0 radical (unpaired) electrons. The zero-order valence-electron chi connectivity index (χ0n) is 21.3. The molecule has 1 aromatic heterocycles. The van der Waals surface area contributed by atoms with Crippen LogP contribution < -0.4 is 24.8 Å². The Hall–Kier alpha value is -5.37. The van der Waals surface area contributed by atoms with Crippen molar-refractivity contribution in [3.05, 3.63) is 114 Å². The van der Waals surface area contributed by atoms with Gasteiger partial charge < -0.3 is 24.8 Å². The quantitative estimate of drug-likeness (QED) is 0.216. The molecule has 5 rings (SSSR count). The van der Waals surface area contributed by atoms with Gasteiger partial charge in [0.2, 0.25) is 0 Å². The molecule has 5 aromatic rings. The van der Waals surface area contributed by atoms with E-state index >= 15 is 0 Å². The van der Waals surface area contributed by atoms with E-state index < -0.39 is 6.03 Å². The summed E-state index contributed by atoms with van der Waals surface area (Å²) >= 11 is 0. The van der Waals surface area contributed by atoms with E-state index in [1.807, 2.05) is 24.3 Å². The van der Waals surface area contributed by atoms with Crippen molar-refractivity contribution in [2.24, 2.45) is 0 Å². The van der Waals surface area contributed by atoms with E-state index in [2.05, 4.69) is 15.6 Å². The minimum absolute atomic E-state index is 0.0764. The zero-order chi connectivity index (χ0) is 27.2. The van der Waals surface area contributed by atoms with E-state index in [9.17, 15) is 9.59 Å². The lowest BCUT2D eigenvalue weighted by molar-refractivity contribution is 0.103. The van der Waals surface area contributed by atoms with E-state index in [-0.39, 0.29) is 5.78 Å². The van der Waals surface area contributed by atoms with E-state index in [1.54, 1.807) is 93.2 Å². The average molecular weight is 520 g/mol. The Bertz CT molecular complexity index is 1620. The van der Waals surface area contributed by atoms with Crippen molar-refractivity contribution in [1.29, 1.82) is 0 Å². The van der Waals surface area contributed by atoms with Crippen molar-refractivity contribution in [3.8, 4) is 23.0 Å². The predicted octanol–water partition coefficient (Wildman–Crippen LogP) is 6.92. The van der Waals surface area contributed by atoms with Crippen LogP contribution in [0.3, 0.4) is 0 Å². The first-order valence-electron chi connectivity index (χ1n) is 12.1. The molecule has 2 N–H and O–H groups in total. The number of benzene rings is 4. The van der Waals surface area contributed by atoms with Crippen molar-refractivity contribution in [3.63, 3.8) is 0 Å². The zero-order valence-corrected chi connectivity index (χ0v) is 21.3. The summed E-state index contributed by atoms with van der Waals surface area (Å²) < 4.78 is 16.9. The molecule has 0 saturated heterocycles. The summed E-state index contributed by atoms with van der Waals surface area (Å²) in [5.74, 6) is 2.27. The molecule has 0 aliphatic rings. The smallest absolute Gasteiger partial charge is 0.323 e. The van der Waals surface area contributed by atoms with Gasteiger partial charge in [0.05, 0.1) is 19.7 Å². The second-order valence-electron chi connectivity index (χ2n) is 8.51. The first-order valence-corrected chi connectivity index (χ1v) is 12.1. The number of urea groups is 1. The van der Waals surface area contributed by atoms with Crippen molar-refractivity contribution in [2.45, 2.75) is 0 Å². The lowest BCUT2D eigenvalue weighted by atomic mass is 10.0. The van der Waals surface area contributed by atoms with Crippen LogP contribution in [0.15, 0.2) is 103 Å². The van der Waals surface area contributed by atoms with Crippen LogP contribution in [0, 0.1) is 0 Å². The highest BCUT2D eigenvalue weighted by molar-refractivity contribution is 6.09. The van der Waals surface area contributed by atoms with Gasteiger partial charge in [0.1, 0.15) is 11.5 Å². The Labute approximate surface area is 225 Å². The Morgan fingerprint density at radius 2 is 1.26 bits per heavy atom. The third-order valence-electron chi connectivity index (χ3n) is 5.99. The molecule has 0 aliphatic carbocycles. The summed E-state index contributed by atoms with van der Waals surface area (Å²) in [7, 11) is 3.15. The van der Waals surface area contributed by atoms with Crippen LogP contribution in [-0.4, -0.2) is 31.0 Å². The molecule has 0 fully saturated rings. The van der Waals surface area contributed by atoms with Crippen molar-refractivity contribution < 1.29 is 23.8 Å². The van der Waals surface area contributed by atoms with E-state index in [0.717, 1.165) is 5.39 Å². The van der Waals surface area contributed by atoms with Crippen LogP contribution in [0.1, 0.15) is 15.9 Å². The van der Waals surface area contributed by atoms with E-state index in [1.165, 1.54) is 0 Å². The van der Waals surface area contributed by atoms with Gasteiger partial charge in [-0.05, 0) is 60.7 Å². The minimum Gasteiger partial charge on any atom is -0.493 e. The maximum absolute atomic E-state index is 12.6. The number of fused-ring (bicyclic) bond motifs is 1. The number of nitrogens with one attached hydrogen (secondary N) is 2. The molecule has 2 amide bonds. The van der Waals surface area contributed by atoms with Crippen LogP contribution >= 0.6 is 0 Å². The number of carbonyl (C=O) groups excluding carboxylic acids is 2. The molecule has 8 nitrogen and oxygen atoms in total. The maximum Gasteiger partial charge on any atom is 0.323 e. The fourth-order valence-electron chi connectivity index (χ4n) is 4.02. The Balaban J connectivity index is 1.22. The first-order chi connectivity index (χ1) is 19.0. The molecule has 1 heterocycles. The van der Waals surface area contributed by atoms with Crippen LogP contribution in [0.5, 0.6) is 23.0 Å². The van der Waals surface area contributed by atoms with Gasteiger partial charge in [0.15, 0.2) is 17.3 Å². The average Bonchev–Trinajstić information content (AvgIpc) is 2.98. The van der Waals surface area contributed by atoms with Gasteiger partial charge in [-0.3, -0.25) is 9.78 Å². The van der Waals surface area contributed by atoms with Gasteiger partial charge >= 0.3 is 6.03 Å². The Morgan fingerprint density at radius 1 is 0.667 bits per heavy atom. The van der Waals surface area contributed by atoms with Gasteiger partial charge in [-0.25, -0.2) is 4.79 Å². The molecule has 4 aromatic carbocycles. The molecule has 194 valence electrons. The normalized spacial score (nSPS) is 10.5. The van der Waals surface area contributed by atoms with Crippen LogP contribution in [0.4, 0.5) is 16.2 Å². The number of methoxy groups -OCH3 is 2. The van der Waals surface area contributed by atoms with E-state index in [0.29, 0.717) is 51.0 Å². The summed E-state index contributed by atoms with van der Waals surface area (Å²) in [6.07, 6.45) is 1.66. The monoisotopic (exact) mass is 519 g/mol. The van der Waals surface area contributed by atoms with E-state index in [4.69, 9.17) is 14.2 Å².